The molecule has 0 fully saturated rings. The third kappa shape index (κ3) is 2.62. The van der Waals surface area contributed by atoms with Gasteiger partial charge in [0.15, 0.2) is 0 Å². The van der Waals surface area contributed by atoms with Gasteiger partial charge in [0.25, 0.3) is 0 Å². The number of hydrogen-bond acceptors (Lipinski definition) is 3. The monoisotopic (exact) mass is 194 g/mol. The van der Waals surface area contributed by atoms with E-state index in [1.54, 1.807) is 0 Å². The first-order valence-electron chi connectivity index (χ1n) is 5.07. The molecule has 0 aliphatic heterocycles. The second kappa shape index (κ2) is 4.84. The van der Waals surface area contributed by atoms with E-state index in [2.05, 4.69) is 18.8 Å². The van der Waals surface area contributed by atoms with E-state index in [4.69, 9.17) is 10.5 Å². The molecule has 0 bridgehead atoms. The van der Waals surface area contributed by atoms with Gasteiger partial charge in [-0.1, -0.05) is 19.9 Å². The van der Waals surface area contributed by atoms with Gasteiger partial charge in [-0.2, -0.15) is 4.98 Å². The van der Waals surface area contributed by atoms with Gasteiger partial charge >= 0.3 is 0 Å². The van der Waals surface area contributed by atoms with E-state index in [9.17, 15) is 0 Å². The SMILES string of the molecule is CCC(CC)Oc1ccc(C)c(N)n1. The van der Waals surface area contributed by atoms with E-state index in [-0.39, 0.29) is 6.10 Å². The number of aryl methyl sites for hydroxylation is 1. The van der Waals surface area contributed by atoms with E-state index in [1.165, 1.54) is 0 Å². The van der Waals surface area contributed by atoms with E-state index < -0.39 is 0 Å². The Bertz CT molecular complexity index is 295. The van der Waals surface area contributed by atoms with Crippen molar-refractivity contribution in [2.24, 2.45) is 0 Å². The minimum absolute atomic E-state index is 0.240. The van der Waals surface area contributed by atoms with Gasteiger partial charge in [0.2, 0.25) is 5.88 Å². The van der Waals surface area contributed by atoms with Crippen molar-refractivity contribution >= 4 is 5.82 Å². The highest BCUT2D eigenvalue weighted by Crippen LogP contribution is 2.16. The lowest BCUT2D eigenvalue weighted by molar-refractivity contribution is 0.185. The molecule has 1 heterocycles. The molecular formula is C11H18N2O. The minimum atomic E-state index is 0.240. The molecule has 0 unspecified atom stereocenters. The van der Waals surface area contributed by atoms with Crippen LogP contribution in [0.4, 0.5) is 5.82 Å². The second-order valence-corrected chi connectivity index (χ2v) is 3.41. The van der Waals surface area contributed by atoms with Gasteiger partial charge in [-0.3, -0.25) is 0 Å². The first-order valence-corrected chi connectivity index (χ1v) is 5.07. The lowest BCUT2D eigenvalue weighted by Crippen LogP contribution is -2.14. The number of anilines is 1. The lowest BCUT2D eigenvalue weighted by Gasteiger charge is -2.15. The van der Waals surface area contributed by atoms with E-state index in [0.29, 0.717) is 11.7 Å². The minimum Gasteiger partial charge on any atom is -0.474 e. The molecule has 14 heavy (non-hydrogen) atoms. The van der Waals surface area contributed by atoms with Crippen molar-refractivity contribution in [2.75, 3.05) is 5.73 Å². The zero-order valence-corrected chi connectivity index (χ0v) is 9.08. The van der Waals surface area contributed by atoms with Crippen LogP contribution in [0.25, 0.3) is 0 Å². The normalized spacial score (nSPS) is 10.6. The van der Waals surface area contributed by atoms with E-state index >= 15 is 0 Å². The van der Waals surface area contributed by atoms with Crippen molar-refractivity contribution in [1.29, 1.82) is 0 Å². The fourth-order valence-corrected chi connectivity index (χ4v) is 1.22. The number of ether oxygens (including phenoxy) is 1. The third-order valence-corrected chi connectivity index (χ3v) is 2.31. The number of nitrogens with two attached hydrogens (primary N) is 1. The first-order chi connectivity index (χ1) is 6.67. The summed E-state index contributed by atoms with van der Waals surface area (Å²) < 4.78 is 5.66. The summed E-state index contributed by atoms with van der Waals surface area (Å²) in [6.07, 6.45) is 2.22. The van der Waals surface area contributed by atoms with Crippen LogP contribution in [0.1, 0.15) is 32.3 Å². The quantitative estimate of drug-likeness (QED) is 0.801. The summed E-state index contributed by atoms with van der Waals surface area (Å²) in [5.74, 6) is 1.18. The Morgan fingerprint density at radius 1 is 1.36 bits per heavy atom. The van der Waals surface area contributed by atoms with Gasteiger partial charge in [-0.25, -0.2) is 0 Å². The molecule has 1 aromatic rings. The van der Waals surface area contributed by atoms with Crippen molar-refractivity contribution in [2.45, 2.75) is 39.7 Å². The molecule has 0 aliphatic carbocycles. The lowest BCUT2D eigenvalue weighted by atomic mass is 10.2. The Morgan fingerprint density at radius 3 is 2.50 bits per heavy atom. The molecule has 0 atom stereocenters. The summed E-state index contributed by atoms with van der Waals surface area (Å²) in [4.78, 5) is 4.16. The predicted octanol–water partition coefficient (Wildman–Crippen LogP) is 2.54. The molecule has 1 rings (SSSR count). The Hall–Kier alpha value is -1.25. The zero-order chi connectivity index (χ0) is 10.6. The van der Waals surface area contributed by atoms with Crippen LogP contribution in [0.3, 0.4) is 0 Å². The Morgan fingerprint density at radius 2 is 2.00 bits per heavy atom. The molecule has 0 saturated heterocycles. The van der Waals surface area contributed by atoms with Crippen LogP contribution in [-0.2, 0) is 0 Å². The van der Waals surface area contributed by atoms with E-state index in [1.807, 2.05) is 19.1 Å². The molecule has 0 spiro atoms. The fraction of sp³-hybridized carbons (Fsp3) is 0.545. The Kier molecular flexibility index (Phi) is 3.74. The number of hydrogen-bond donors (Lipinski definition) is 1. The topological polar surface area (TPSA) is 48.1 Å². The van der Waals surface area contributed by atoms with Crippen molar-refractivity contribution in [3.05, 3.63) is 17.7 Å². The molecule has 1 aromatic heterocycles. The molecular weight excluding hydrogens is 176 g/mol. The standard InChI is InChI=1S/C11H18N2O/c1-4-9(5-2)14-10-7-6-8(3)11(12)13-10/h6-7,9H,4-5H2,1-3H3,(H2,12,13). The van der Waals surface area contributed by atoms with Crippen molar-refractivity contribution in [3.63, 3.8) is 0 Å². The van der Waals surface area contributed by atoms with Gasteiger partial charge in [-0.15, -0.1) is 0 Å². The highest BCUT2D eigenvalue weighted by Gasteiger charge is 2.06. The molecule has 0 amide bonds. The van der Waals surface area contributed by atoms with Crippen LogP contribution < -0.4 is 10.5 Å². The Balaban J connectivity index is 2.72. The summed E-state index contributed by atoms with van der Waals surface area (Å²) >= 11 is 0. The van der Waals surface area contributed by atoms with Crippen molar-refractivity contribution in [3.8, 4) is 5.88 Å². The largest absolute Gasteiger partial charge is 0.474 e. The molecule has 78 valence electrons. The summed E-state index contributed by atoms with van der Waals surface area (Å²) in [5.41, 5.74) is 6.68. The second-order valence-electron chi connectivity index (χ2n) is 3.41. The molecule has 0 radical (unpaired) electrons. The summed E-state index contributed by atoms with van der Waals surface area (Å²) in [7, 11) is 0. The first kappa shape index (κ1) is 10.8. The maximum atomic E-state index is 5.69. The number of nitrogen functional groups attached to an aromatic ring is 1. The van der Waals surface area contributed by atoms with Gasteiger partial charge < -0.3 is 10.5 Å². The number of pyridine rings is 1. The van der Waals surface area contributed by atoms with Crippen LogP contribution in [0.2, 0.25) is 0 Å². The smallest absolute Gasteiger partial charge is 0.215 e. The number of rotatable bonds is 4. The van der Waals surface area contributed by atoms with Crippen LogP contribution >= 0.6 is 0 Å². The van der Waals surface area contributed by atoms with Crippen molar-refractivity contribution in [1.82, 2.24) is 4.98 Å². The molecule has 3 nitrogen and oxygen atoms in total. The maximum absolute atomic E-state index is 5.69. The Labute approximate surface area is 85.3 Å². The third-order valence-electron chi connectivity index (χ3n) is 2.31. The summed E-state index contributed by atoms with van der Waals surface area (Å²) in [6.45, 7) is 6.14. The van der Waals surface area contributed by atoms with E-state index in [0.717, 1.165) is 18.4 Å². The average molecular weight is 194 g/mol. The maximum Gasteiger partial charge on any atom is 0.215 e. The molecule has 3 heteroatoms. The van der Waals surface area contributed by atoms with Gasteiger partial charge in [0, 0.05) is 6.07 Å². The average Bonchev–Trinajstić information content (AvgIpc) is 2.19. The van der Waals surface area contributed by atoms with Crippen LogP contribution in [-0.4, -0.2) is 11.1 Å². The number of aromatic nitrogens is 1. The number of nitrogens with zero attached hydrogens (tertiary/aromatic N) is 1. The predicted molar refractivity (Wildman–Crippen MR) is 58.4 cm³/mol. The summed E-state index contributed by atoms with van der Waals surface area (Å²) in [5, 5.41) is 0. The van der Waals surface area contributed by atoms with Gasteiger partial charge in [-0.05, 0) is 25.3 Å². The highest BCUT2D eigenvalue weighted by atomic mass is 16.5. The molecule has 2 N–H and O–H groups in total. The van der Waals surface area contributed by atoms with Gasteiger partial charge in [0.05, 0.1) is 6.10 Å². The zero-order valence-electron chi connectivity index (χ0n) is 9.08. The molecule has 0 saturated carbocycles. The van der Waals surface area contributed by atoms with Crippen LogP contribution in [0.5, 0.6) is 5.88 Å². The van der Waals surface area contributed by atoms with Crippen LogP contribution in [0.15, 0.2) is 12.1 Å². The molecule has 0 aromatic carbocycles. The molecule has 0 aliphatic rings. The van der Waals surface area contributed by atoms with Crippen molar-refractivity contribution < 1.29 is 4.74 Å². The summed E-state index contributed by atoms with van der Waals surface area (Å²) in [6, 6.07) is 3.80. The fourth-order valence-electron chi connectivity index (χ4n) is 1.22. The highest BCUT2D eigenvalue weighted by molar-refractivity contribution is 5.40. The van der Waals surface area contributed by atoms with Crippen LogP contribution in [0, 0.1) is 6.92 Å². The van der Waals surface area contributed by atoms with Gasteiger partial charge in [0.1, 0.15) is 5.82 Å².